The summed E-state index contributed by atoms with van der Waals surface area (Å²) in [5, 5.41) is 6.48. The van der Waals surface area contributed by atoms with Gasteiger partial charge in [0.2, 0.25) is 23.5 Å². The van der Waals surface area contributed by atoms with Gasteiger partial charge in [0.1, 0.15) is 22.3 Å². The van der Waals surface area contributed by atoms with Gasteiger partial charge < -0.3 is 22.2 Å². The predicted octanol–water partition coefficient (Wildman–Crippen LogP) is 11.9. The Kier molecular flexibility index (Phi) is 5.73. The van der Waals surface area contributed by atoms with E-state index in [2.05, 4.69) is 136 Å². The molecule has 2 aliphatic rings. The van der Waals surface area contributed by atoms with Crippen LogP contribution in [-0.2, 0) is 0 Å². The third-order valence-corrected chi connectivity index (χ3v) is 12.2. The molecule has 14 rings (SSSR count). The van der Waals surface area contributed by atoms with Gasteiger partial charge in [-0.05, 0) is 54.0 Å². The molecule has 7 nitrogen and oxygen atoms in total. The molecule has 0 unspecified atom stereocenters. The first-order valence-corrected chi connectivity index (χ1v) is 19.5. The molecule has 0 radical (unpaired) electrons. The number of nitrogens with zero attached hydrogens (tertiary/aromatic N) is 3. The summed E-state index contributed by atoms with van der Waals surface area (Å²) in [5.74, 6) is 2.77. The predicted molar refractivity (Wildman–Crippen MR) is 234 cm³/mol. The van der Waals surface area contributed by atoms with Crippen molar-refractivity contribution in [2.75, 3.05) is 9.80 Å². The number of hydrogen-bond donors (Lipinski definition) is 0. The maximum atomic E-state index is 7.03. The summed E-state index contributed by atoms with van der Waals surface area (Å²) in [4.78, 5) is 4.37. The van der Waals surface area contributed by atoms with Crippen LogP contribution in [0.15, 0.2) is 188 Å². The van der Waals surface area contributed by atoms with Crippen LogP contribution in [0.25, 0.3) is 71.4 Å². The third kappa shape index (κ3) is 3.88. The minimum Gasteiger partial charge on any atom is -0.440 e. The van der Waals surface area contributed by atoms with Gasteiger partial charge in [-0.1, -0.05) is 109 Å². The van der Waals surface area contributed by atoms with E-state index in [9.17, 15) is 0 Å². The molecule has 0 saturated heterocycles. The number of rotatable bonds is 3. The molecule has 0 aliphatic carbocycles. The lowest BCUT2D eigenvalue weighted by Gasteiger charge is -2.39. The van der Waals surface area contributed by atoms with E-state index in [0.717, 1.165) is 100 Å². The fourth-order valence-electron chi connectivity index (χ4n) is 9.84. The van der Waals surface area contributed by atoms with Crippen molar-refractivity contribution < 1.29 is 17.7 Å². The van der Waals surface area contributed by atoms with Crippen LogP contribution in [0.4, 0.5) is 34.9 Å². The zero-order valence-electron chi connectivity index (χ0n) is 30.7. The first-order chi connectivity index (χ1) is 28.8. The Morgan fingerprint density at radius 1 is 0.362 bits per heavy atom. The van der Waals surface area contributed by atoms with Gasteiger partial charge in [-0.2, -0.15) is 0 Å². The van der Waals surface area contributed by atoms with Gasteiger partial charge in [0.15, 0.2) is 0 Å². The lowest BCUT2D eigenvalue weighted by atomic mass is 9.33. The maximum Gasteiger partial charge on any atom is 0.262 e. The van der Waals surface area contributed by atoms with E-state index in [1.54, 1.807) is 0 Å². The Morgan fingerprint density at radius 2 is 0.776 bits per heavy atom. The molecule has 0 spiro atoms. The summed E-state index contributed by atoms with van der Waals surface area (Å²) >= 11 is 0. The van der Waals surface area contributed by atoms with Gasteiger partial charge in [0, 0.05) is 55.4 Å². The highest BCUT2D eigenvalue weighted by Gasteiger charge is 2.50. The second-order valence-corrected chi connectivity index (χ2v) is 15.3. The summed E-state index contributed by atoms with van der Waals surface area (Å²) in [6.07, 6.45) is 0. The quantitative estimate of drug-likeness (QED) is 0.168. The fraction of sp³-hybridized carbons (Fsp3) is 0. The zero-order valence-corrected chi connectivity index (χ0v) is 30.7. The van der Waals surface area contributed by atoms with Gasteiger partial charge in [0.05, 0.1) is 28.1 Å². The molecule has 0 amide bonds. The Morgan fingerprint density at radius 3 is 1.26 bits per heavy atom. The molecule has 0 bridgehead atoms. The van der Waals surface area contributed by atoms with E-state index in [1.807, 2.05) is 48.5 Å². The molecule has 0 atom stereocenters. The van der Waals surface area contributed by atoms with Gasteiger partial charge in [-0.3, -0.25) is 9.80 Å². The third-order valence-electron chi connectivity index (χ3n) is 12.2. The Bertz CT molecular complexity index is 3390. The molecule has 5 aromatic heterocycles. The summed E-state index contributed by atoms with van der Waals surface area (Å²) in [6.45, 7) is -0.254. The largest absolute Gasteiger partial charge is 0.440 e. The van der Waals surface area contributed by atoms with E-state index < -0.39 is 0 Å². The van der Waals surface area contributed by atoms with Crippen molar-refractivity contribution in [3.05, 3.63) is 170 Å². The van der Waals surface area contributed by atoms with Gasteiger partial charge in [-0.15, -0.1) is 0 Å². The summed E-state index contributed by atoms with van der Waals surface area (Å²) in [6, 6.07) is 59.1. The average Bonchev–Trinajstić information content (AvgIpc) is 4.10. The van der Waals surface area contributed by atoms with E-state index in [0.29, 0.717) is 11.8 Å². The number of anilines is 6. The van der Waals surface area contributed by atoms with E-state index in [4.69, 9.17) is 17.7 Å². The Balaban J connectivity index is 1.18. The van der Waals surface area contributed by atoms with Crippen molar-refractivity contribution in [1.82, 2.24) is 4.57 Å². The molecular weight excluding hydrogens is 717 g/mol. The SMILES string of the molecule is c1ccc2oc(N3c4cc(-n5c6ccccc6c6ccccc65)cc5c4B(c4c3oc3ccccc43)c3c(oc4ccccc34)N5c3cc4ccccc4o3)cc2c1. The highest BCUT2D eigenvalue weighted by atomic mass is 16.4. The van der Waals surface area contributed by atoms with Gasteiger partial charge in [-0.25, -0.2) is 0 Å². The molecule has 2 aliphatic heterocycles. The average molecular weight is 746 g/mol. The fourth-order valence-corrected chi connectivity index (χ4v) is 9.84. The van der Waals surface area contributed by atoms with Crippen LogP contribution in [-0.4, -0.2) is 11.3 Å². The summed E-state index contributed by atoms with van der Waals surface area (Å²) in [7, 11) is 0. The number of furan rings is 4. The molecule has 0 saturated carbocycles. The standard InChI is InChI=1S/C50H28BN3O4/c1-9-21-40-29(13-1)25-44(55-40)53-38-27-31(52-36-19-7-3-15-32(36)33-16-4-8-20-37(33)52)28-39-48(38)51(46-34-17-5-11-23-42(34)57-49(46)53)47-35-18-6-12-24-43(35)58-50(47)54(39)45-26-30-14-2-10-22-41(30)56-45/h1-28H. The number of benzene rings is 7. The second kappa shape index (κ2) is 10.9. The highest BCUT2D eigenvalue weighted by molar-refractivity contribution is 7.02. The molecule has 270 valence electrons. The molecule has 12 aromatic rings. The van der Waals surface area contributed by atoms with E-state index in [1.165, 1.54) is 10.8 Å². The first kappa shape index (κ1) is 30.4. The maximum absolute atomic E-state index is 7.03. The Labute approximate surface area is 330 Å². The number of hydrogen-bond acceptors (Lipinski definition) is 6. The van der Waals surface area contributed by atoms with E-state index >= 15 is 0 Å². The molecule has 7 heterocycles. The second-order valence-electron chi connectivity index (χ2n) is 15.3. The van der Waals surface area contributed by atoms with Crippen LogP contribution in [0.3, 0.4) is 0 Å². The normalized spacial score (nSPS) is 13.4. The smallest absolute Gasteiger partial charge is 0.262 e. The lowest BCUT2D eigenvalue weighted by molar-refractivity contribution is 0.582. The minimum atomic E-state index is -0.254. The van der Waals surface area contributed by atoms with Crippen molar-refractivity contribution in [3.63, 3.8) is 0 Å². The van der Waals surface area contributed by atoms with Crippen molar-refractivity contribution >= 4 is 124 Å². The monoisotopic (exact) mass is 745 g/mol. The first-order valence-electron chi connectivity index (χ1n) is 19.5. The number of aromatic nitrogens is 1. The van der Waals surface area contributed by atoms with Crippen LogP contribution < -0.4 is 26.2 Å². The Hall–Kier alpha value is -7.84. The summed E-state index contributed by atoms with van der Waals surface area (Å²) < 4.78 is 30.0. The molecule has 7 aromatic carbocycles. The van der Waals surface area contributed by atoms with Crippen LogP contribution in [0.2, 0.25) is 0 Å². The molecule has 0 fully saturated rings. The minimum absolute atomic E-state index is 0.254. The number of fused-ring (bicyclic) bond motifs is 13. The molecule has 58 heavy (non-hydrogen) atoms. The summed E-state index contributed by atoms with van der Waals surface area (Å²) in [5.41, 5.74) is 11.5. The molecular formula is C50H28BN3O4. The van der Waals surface area contributed by atoms with Crippen LogP contribution in [0.1, 0.15) is 0 Å². The number of para-hydroxylation sites is 6. The van der Waals surface area contributed by atoms with Crippen LogP contribution >= 0.6 is 0 Å². The zero-order chi connectivity index (χ0) is 37.6. The highest BCUT2D eigenvalue weighted by Crippen LogP contribution is 2.50. The van der Waals surface area contributed by atoms with Crippen molar-refractivity contribution in [2.45, 2.75) is 0 Å². The molecule has 8 heteroatoms. The van der Waals surface area contributed by atoms with Crippen molar-refractivity contribution in [1.29, 1.82) is 0 Å². The van der Waals surface area contributed by atoms with E-state index in [-0.39, 0.29) is 6.71 Å². The van der Waals surface area contributed by atoms with Gasteiger partial charge in [0.25, 0.3) is 6.71 Å². The van der Waals surface area contributed by atoms with Crippen LogP contribution in [0, 0.1) is 0 Å². The van der Waals surface area contributed by atoms with Crippen molar-refractivity contribution in [2.24, 2.45) is 0 Å². The van der Waals surface area contributed by atoms with Gasteiger partial charge >= 0.3 is 0 Å². The molecule has 0 N–H and O–H groups in total. The lowest BCUT2D eigenvalue weighted by Crippen LogP contribution is -2.60. The van der Waals surface area contributed by atoms with Crippen molar-refractivity contribution in [3.8, 4) is 5.69 Å². The topological polar surface area (TPSA) is 64.0 Å². The van der Waals surface area contributed by atoms with Crippen LogP contribution in [0.5, 0.6) is 0 Å².